The Bertz CT molecular complexity index is 538. The molecule has 0 amide bonds. The molecule has 0 spiro atoms. The second-order valence-electron chi connectivity index (χ2n) is 4.33. The van der Waals surface area contributed by atoms with E-state index < -0.39 is 0 Å². The molecular weight excluding hydrogens is 224 g/mol. The van der Waals surface area contributed by atoms with Crippen molar-refractivity contribution in [2.75, 3.05) is 18.2 Å². The third kappa shape index (κ3) is 3.02. The minimum absolute atomic E-state index is 0.621. The van der Waals surface area contributed by atoms with Crippen molar-refractivity contribution in [3.8, 4) is 0 Å². The number of benzene rings is 2. The van der Waals surface area contributed by atoms with Crippen molar-refractivity contribution in [1.82, 2.24) is 0 Å². The predicted octanol–water partition coefficient (Wildman–Crippen LogP) is 3.47. The van der Waals surface area contributed by atoms with Crippen LogP contribution in [-0.4, -0.2) is 7.11 Å². The molecule has 0 atom stereocenters. The Morgan fingerprint density at radius 1 is 1.11 bits per heavy atom. The minimum atomic E-state index is 0.621. The molecular formula is C15H18N2O. The summed E-state index contributed by atoms with van der Waals surface area (Å²) in [5, 5.41) is 3.36. The van der Waals surface area contributed by atoms with E-state index in [9.17, 15) is 0 Å². The second-order valence-corrected chi connectivity index (χ2v) is 4.33. The summed E-state index contributed by atoms with van der Waals surface area (Å²) in [7, 11) is 1.70. The van der Waals surface area contributed by atoms with Crippen LogP contribution >= 0.6 is 0 Å². The monoisotopic (exact) mass is 242 g/mol. The highest BCUT2D eigenvalue weighted by Crippen LogP contribution is 2.21. The number of anilines is 3. The molecule has 0 heterocycles. The zero-order valence-corrected chi connectivity index (χ0v) is 10.7. The Labute approximate surface area is 108 Å². The third-order valence-corrected chi connectivity index (χ3v) is 2.80. The zero-order valence-electron chi connectivity index (χ0n) is 10.7. The first-order chi connectivity index (χ1) is 8.69. The van der Waals surface area contributed by atoms with Crippen molar-refractivity contribution >= 4 is 17.1 Å². The Morgan fingerprint density at radius 2 is 1.89 bits per heavy atom. The topological polar surface area (TPSA) is 47.3 Å². The minimum Gasteiger partial charge on any atom is -0.399 e. The maximum atomic E-state index is 5.80. The van der Waals surface area contributed by atoms with E-state index in [1.54, 1.807) is 7.11 Å². The van der Waals surface area contributed by atoms with Crippen LogP contribution in [0.25, 0.3) is 0 Å². The molecule has 0 aliphatic rings. The fourth-order valence-corrected chi connectivity index (χ4v) is 1.83. The summed E-state index contributed by atoms with van der Waals surface area (Å²) < 4.78 is 5.12. The number of hydrogen-bond acceptors (Lipinski definition) is 3. The van der Waals surface area contributed by atoms with Crippen molar-refractivity contribution in [3.05, 3.63) is 53.6 Å². The number of aryl methyl sites for hydroxylation is 1. The molecule has 0 fully saturated rings. The van der Waals surface area contributed by atoms with Crippen LogP contribution in [0.3, 0.4) is 0 Å². The molecule has 0 aliphatic heterocycles. The largest absolute Gasteiger partial charge is 0.399 e. The molecule has 0 bridgehead atoms. The van der Waals surface area contributed by atoms with Crippen LogP contribution in [0.15, 0.2) is 42.5 Å². The first-order valence-electron chi connectivity index (χ1n) is 5.90. The van der Waals surface area contributed by atoms with E-state index in [1.165, 1.54) is 0 Å². The maximum absolute atomic E-state index is 5.80. The molecule has 2 aromatic rings. The summed E-state index contributed by atoms with van der Waals surface area (Å²) in [6.07, 6.45) is 0. The van der Waals surface area contributed by atoms with Crippen LogP contribution in [0.4, 0.5) is 17.1 Å². The Morgan fingerprint density at radius 3 is 2.61 bits per heavy atom. The Hall–Kier alpha value is -2.00. The number of rotatable bonds is 4. The van der Waals surface area contributed by atoms with Crippen LogP contribution in [0.1, 0.15) is 11.1 Å². The molecule has 0 radical (unpaired) electrons. The molecule has 2 rings (SSSR count). The lowest BCUT2D eigenvalue weighted by atomic mass is 10.1. The molecule has 94 valence electrons. The fourth-order valence-electron chi connectivity index (χ4n) is 1.83. The van der Waals surface area contributed by atoms with Gasteiger partial charge in [-0.15, -0.1) is 0 Å². The van der Waals surface area contributed by atoms with Gasteiger partial charge in [0.2, 0.25) is 0 Å². The SMILES string of the molecule is COCc1cccc(Nc2ccc(N)c(C)c2)c1. The molecule has 3 heteroatoms. The number of nitrogens with two attached hydrogens (primary N) is 1. The number of nitrogen functional groups attached to an aromatic ring is 1. The van der Waals surface area contributed by atoms with E-state index in [1.807, 2.05) is 43.3 Å². The number of methoxy groups -OCH3 is 1. The summed E-state index contributed by atoms with van der Waals surface area (Å²) in [5.41, 5.74) is 10.9. The van der Waals surface area contributed by atoms with E-state index in [-0.39, 0.29) is 0 Å². The van der Waals surface area contributed by atoms with Crippen LogP contribution in [0.5, 0.6) is 0 Å². The van der Waals surface area contributed by atoms with E-state index in [0.717, 1.165) is 28.2 Å². The van der Waals surface area contributed by atoms with E-state index in [2.05, 4.69) is 11.4 Å². The summed E-state index contributed by atoms with van der Waals surface area (Å²) in [6.45, 7) is 2.62. The van der Waals surface area contributed by atoms with Gasteiger partial charge in [0.1, 0.15) is 0 Å². The summed E-state index contributed by atoms with van der Waals surface area (Å²) >= 11 is 0. The number of nitrogens with one attached hydrogen (secondary N) is 1. The zero-order chi connectivity index (χ0) is 13.0. The average Bonchev–Trinajstić information content (AvgIpc) is 2.35. The first-order valence-corrected chi connectivity index (χ1v) is 5.90. The molecule has 0 aliphatic carbocycles. The standard InChI is InChI=1S/C15H18N2O/c1-11-8-14(6-7-15(11)16)17-13-5-3-4-12(9-13)10-18-2/h3-9,17H,10,16H2,1-2H3. The lowest BCUT2D eigenvalue weighted by Gasteiger charge is -2.10. The quantitative estimate of drug-likeness (QED) is 0.807. The highest BCUT2D eigenvalue weighted by atomic mass is 16.5. The van der Waals surface area contributed by atoms with Crippen LogP contribution < -0.4 is 11.1 Å². The van der Waals surface area contributed by atoms with Gasteiger partial charge in [-0.05, 0) is 48.4 Å². The van der Waals surface area contributed by atoms with Crippen molar-refractivity contribution in [2.45, 2.75) is 13.5 Å². The average molecular weight is 242 g/mol. The van der Waals surface area contributed by atoms with E-state index >= 15 is 0 Å². The molecule has 3 nitrogen and oxygen atoms in total. The second kappa shape index (κ2) is 5.56. The van der Waals surface area contributed by atoms with Crippen molar-refractivity contribution in [1.29, 1.82) is 0 Å². The van der Waals surface area contributed by atoms with Gasteiger partial charge in [0.15, 0.2) is 0 Å². The molecule has 0 saturated heterocycles. The van der Waals surface area contributed by atoms with Crippen molar-refractivity contribution in [3.63, 3.8) is 0 Å². The Kier molecular flexibility index (Phi) is 3.85. The summed E-state index contributed by atoms with van der Waals surface area (Å²) in [6, 6.07) is 14.1. The molecule has 0 aromatic heterocycles. The van der Waals surface area contributed by atoms with Crippen molar-refractivity contribution < 1.29 is 4.74 Å². The van der Waals surface area contributed by atoms with Gasteiger partial charge in [0, 0.05) is 24.2 Å². The van der Waals surface area contributed by atoms with Gasteiger partial charge < -0.3 is 15.8 Å². The highest BCUT2D eigenvalue weighted by Gasteiger charge is 1.99. The molecule has 3 N–H and O–H groups in total. The predicted molar refractivity (Wildman–Crippen MR) is 76.0 cm³/mol. The molecule has 2 aromatic carbocycles. The van der Waals surface area contributed by atoms with Crippen LogP contribution in [0, 0.1) is 6.92 Å². The van der Waals surface area contributed by atoms with E-state index in [0.29, 0.717) is 6.61 Å². The normalized spacial score (nSPS) is 10.3. The van der Waals surface area contributed by atoms with Gasteiger partial charge in [-0.3, -0.25) is 0 Å². The molecule has 18 heavy (non-hydrogen) atoms. The van der Waals surface area contributed by atoms with E-state index in [4.69, 9.17) is 10.5 Å². The van der Waals surface area contributed by atoms with Gasteiger partial charge >= 0.3 is 0 Å². The summed E-state index contributed by atoms with van der Waals surface area (Å²) in [4.78, 5) is 0. The molecule has 0 saturated carbocycles. The fraction of sp³-hybridized carbons (Fsp3) is 0.200. The Balaban J connectivity index is 2.17. The number of hydrogen-bond donors (Lipinski definition) is 2. The van der Waals surface area contributed by atoms with Gasteiger partial charge in [-0.2, -0.15) is 0 Å². The van der Waals surface area contributed by atoms with Gasteiger partial charge in [-0.25, -0.2) is 0 Å². The highest BCUT2D eigenvalue weighted by molar-refractivity contribution is 5.64. The third-order valence-electron chi connectivity index (χ3n) is 2.80. The van der Waals surface area contributed by atoms with Crippen molar-refractivity contribution in [2.24, 2.45) is 0 Å². The lowest BCUT2D eigenvalue weighted by molar-refractivity contribution is 0.185. The van der Waals surface area contributed by atoms with Crippen LogP contribution in [-0.2, 0) is 11.3 Å². The smallest absolute Gasteiger partial charge is 0.0713 e. The van der Waals surface area contributed by atoms with Crippen LogP contribution in [0.2, 0.25) is 0 Å². The van der Waals surface area contributed by atoms with Gasteiger partial charge in [0.05, 0.1) is 6.61 Å². The summed E-state index contributed by atoms with van der Waals surface area (Å²) in [5.74, 6) is 0. The number of ether oxygens (including phenoxy) is 1. The molecule has 0 unspecified atom stereocenters. The lowest BCUT2D eigenvalue weighted by Crippen LogP contribution is -1.95. The first kappa shape index (κ1) is 12.5. The maximum Gasteiger partial charge on any atom is 0.0713 e. The van der Waals surface area contributed by atoms with Gasteiger partial charge in [-0.1, -0.05) is 12.1 Å². The van der Waals surface area contributed by atoms with Gasteiger partial charge in [0.25, 0.3) is 0 Å².